The van der Waals surface area contributed by atoms with Crippen molar-refractivity contribution in [3.8, 4) is 0 Å². The van der Waals surface area contributed by atoms with Crippen LogP contribution in [0.4, 0.5) is 0 Å². The van der Waals surface area contributed by atoms with Gasteiger partial charge in [0.2, 0.25) is 0 Å². The molecule has 0 saturated heterocycles. The maximum atomic E-state index is 2.65. The van der Waals surface area contributed by atoms with Gasteiger partial charge in [0.05, 0.1) is 0 Å². The van der Waals surface area contributed by atoms with Crippen LogP contribution in [0.3, 0.4) is 0 Å². The van der Waals surface area contributed by atoms with E-state index in [4.69, 9.17) is 0 Å². The standard InChI is InChI=1S/C13H17.3C6H5.Sn/c1-4-8-13(11(2)3)12-9-6-5-7-10-12;3*1-2-4-6-5-3-1;/h1,4-7,9-11,13H,8H2,2-3H3;3*1-5H;. The molecule has 0 aliphatic carbocycles. The van der Waals surface area contributed by atoms with Crippen LogP contribution in [0.25, 0.3) is 0 Å². The van der Waals surface area contributed by atoms with E-state index in [0.29, 0.717) is 11.8 Å². The van der Waals surface area contributed by atoms with Crippen molar-refractivity contribution in [1.82, 2.24) is 0 Å². The van der Waals surface area contributed by atoms with E-state index in [-0.39, 0.29) is 0 Å². The summed E-state index contributed by atoms with van der Waals surface area (Å²) in [5.41, 5.74) is 1.44. The van der Waals surface area contributed by atoms with Crippen LogP contribution < -0.4 is 10.7 Å². The molecule has 0 fully saturated rings. The van der Waals surface area contributed by atoms with E-state index in [9.17, 15) is 0 Å². The van der Waals surface area contributed by atoms with E-state index < -0.39 is 18.4 Å². The summed E-state index contributed by atoms with van der Waals surface area (Å²) in [6.07, 6.45) is 3.56. The van der Waals surface area contributed by atoms with Gasteiger partial charge in [0.25, 0.3) is 0 Å². The molecule has 4 aromatic carbocycles. The summed E-state index contributed by atoms with van der Waals surface area (Å²) in [5, 5.41) is 0. The fraction of sp³-hybridized carbons (Fsp3) is 0.161. The third-order valence-electron chi connectivity index (χ3n) is 6.48. The molecule has 0 N–H and O–H groups in total. The van der Waals surface area contributed by atoms with E-state index in [1.165, 1.54) is 16.3 Å². The zero-order valence-electron chi connectivity index (χ0n) is 19.1. The molecule has 0 radical (unpaired) electrons. The van der Waals surface area contributed by atoms with E-state index in [1.807, 2.05) is 0 Å². The van der Waals surface area contributed by atoms with Gasteiger partial charge < -0.3 is 0 Å². The van der Waals surface area contributed by atoms with Crippen LogP contribution in [0, 0.1) is 5.92 Å². The first-order valence-corrected chi connectivity index (χ1v) is 17.5. The third-order valence-corrected chi connectivity index (χ3v) is 19.2. The van der Waals surface area contributed by atoms with Gasteiger partial charge >= 0.3 is 198 Å². The molecule has 4 aromatic rings. The molecule has 0 aliphatic rings. The Morgan fingerprint density at radius 2 is 0.938 bits per heavy atom. The predicted molar refractivity (Wildman–Crippen MR) is 142 cm³/mol. The van der Waals surface area contributed by atoms with Crippen LogP contribution in [0.15, 0.2) is 131 Å². The average Bonchev–Trinajstić information content (AvgIpc) is 2.86. The summed E-state index contributed by atoms with van der Waals surface area (Å²) < 4.78 is 7.14. The second kappa shape index (κ2) is 10.8. The molecule has 0 heterocycles. The van der Waals surface area contributed by atoms with Crippen LogP contribution in [0.1, 0.15) is 31.7 Å². The predicted octanol–water partition coefficient (Wildman–Crippen LogP) is 6.08. The van der Waals surface area contributed by atoms with E-state index in [1.54, 1.807) is 0 Å². The van der Waals surface area contributed by atoms with E-state index in [0.717, 1.165) is 6.42 Å². The minimum atomic E-state index is -3.32. The number of hydrogen-bond donors (Lipinski definition) is 0. The zero-order chi connectivity index (χ0) is 22.2. The number of allylic oxidation sites excluding steroid dienone is 1. The second-order valence-electron chi connectivity index (χ2n) is 8.81. The molecule has 1 heteroatoms. The van der Waals surface area contributed by atoms with E-state index in [2.05, 4.69) is 145 Å². The van der Waals surface area contributed by atoms with Crippen molar-refractivity contribution in [3.63, 3.8) is 0 Å². The Morgan fingerprint density at radius 1 is 0.562 bits per heavy atom. The van der Waals surface area contributed by atoms with Gasteiger partial charge in [-0.05, 0) is 0 Å². The summed E-state index contributed by atoms with van der Waals surface area (Å²) >= 11 is -3.32. The Morgan fingerprint density at radius 3 is 1.31 bits per heavy atom. The van der Waals surface area contributed by atoms with Crippen molar-refractivity contribution in [1.29, 1.82) is 0 Å². The van der Waals surface area contributed by atoms with Gasteiger partial charge in [0, 0.05) is 0 Å². The van der Waals surface area contributed by atoms with Crippen molar-refractivity contribution in [3.05, 3.63) is 137 Å². The zero-order valence-corrected chi connectivity index (χ0v) is 21.9. The molecule has 0 amide bonds. The van der Waals surface area contributed by atoms with Gasteiger partial charge in [-0.1, -0.05) is 0 Å². The fourth-order valence-corrected chi connectivity index (χ4v) is 16.8. The molecule has 4 rings (SSSR count). The molecule has 0 spiro atoms. The van der Waals surface area contributed by atoms with Crippen LogP contribution in [0.2, 0.25) is 0 Å². The number of rotatable bonds is 8. The van der Waals surface area contributed by atoms with Gasteiger partial charge in [-0.15, -0.1) is 0 Å². The molecular weight excluding hydrogens is 491 g/mol. The molecule has 0 bridgehead atoms. The van der Waals surface area contributed by atoms with Crippen LogP contribution in [-0.4, -0.2) is 18.4 Å². The van der Waals surface area contributed by atoms with E-state index >= 15 is 0 Å². The Hall–Kier alpha value is -2.58. The molecule has 1 unspecified atom stereocenters. The van der Waals surface area contributed by atoms with Gasteiger partial charge in [-0.2, -0.15) is 0 Å². The molecule has 0 aliphatic heterocycles. The molecule has 0 aromatic heterocycles. The normalized spacial score (nSPS) is 12.8. The maximum absolute atomic E-state index is 3.32. The fourth-order valence-electron chi connectivity index (χ4n) is 4.78. The number of benzene rings is 4. The quantitative estimate of drug-likeness (QED) is 0.246. The first kappa shape index (κ1) is 22.6. The summed E-state index contributed by atoms with van der Waals surface area (Å²) in [4.78, 5) is 0. The topological polar surface area (TPSA) is 0 Å². The molecule has 0 nitrogen and oxygen atoms in total. The molecule has 1 atom stereocenters. The first-order chi connectivity index (χ1) is 15.7. The Bertz CT molecular complexity index is 1000. The SMILES string of the molecule is CC(C)C(C/C=[CH]/[Sn]([c]1ccccc1)([c]1ccccc1)[c]1ccccc1)c1ccccc1. The molecule has 32 heavy (non-hydrogen) atoms. The van der Waals surface area contributed by atoms with Crippen molar-refractivity contribution in [2.45, 2.75) is 26.2 Å². The van der Waals surface area contributed by atoms with Crippen molar-refractivity contribution in [2.75, 3.05) is 0 Å². The molecular formula is C31H32Sn. The number of hydrogen-bond acceptors (Lipinski definition) is 0. The monoisotopic (exact) mass is 524 g/mol. The van der Waals surface area contributed by atoms with Crippen molar-refractivity contribution in [2.24, 2.45) is 5.92 Å². The second-order valence-corrected chi connectivity index (χ2v) is 19.3. The van der Waals surface area contributed by atoms with Gasteiger partial charge in [0.15, 0.2) is 0 Å². The summed E-state index contributed by atoms with van der Waals surface area (Å²) in [5.74, 6) is 1.12. The first-order valence-electron chi connectivity index (χ1n) is 11.6. The molecule has 160 valence electrons. The Labute approximate surface area is 197 Å². The van der Waals surface area contributed by atoms with Crippen LogP contribution in [0.5, 0.6) is 0 Å². The third kappa shape index (κ3) is 4.91. The molecule has 0 saturated carbocycles. The Kier molecular flexibility index (Phi) is 7.65. The van der Waals surface area contributed by atoms with Gasteiger partial charge in [-0.3, -0.25) is 0 Å². The average molecular weight is 523 g/mol. The van der Waals surface area contributed by atoms with Gasteiger partial charge in [-0.25, -0.2) is 0 Å². The van der Waals surface area contributed by atoms with Crippen LogP contribution in [-0.2, 0) is 0 Å². The van der Waals surface area contributed by atoms with Gasteiger partial charge in [0.1, 0.15) is 0 Å². The summed E-state index contributed by atoms with van der Waals surface area (Å²) in [6, 6.07) is 44.6. The summed E-state index contributed by atoms with van der Waals surface area (Å²) in [6.45, 7) is 4.68. The Balaban J connectivity index is 1.82. The van der Waals surface area contributed by atoms with Crippen molar-refractivity contribution < 1.29 is 0 Å². The summed E-state index contributed by atoms with van der Waals surface area (Å²) in [7, 11) is 0. The van der Waals surface area contributed by atoms with Crippen molar-refractivity contribution >= 4 is 29.1 Å². The minimum absolute atomic E-state index is 0.527. The van der Waals surface area contributed by atoms with Crippen LogP contribution >= 0.6 is 0 Å².